The van der Waals surface area contributed by atoms with Crippen LogP contribution in [-0.4, -0.2) is 15.5 Å². The van der Waals surface area contributed by atoms with E-state index < -0.39 is 0 Å². The number of nitrogens with one attached hydrogen (secondary N) is 1. The fourth-order valence-electron chi connectivity index (χ4n) is 3.58. The molecule has 0 atom stereocenters. The summed E-state index contributed by atoms with van der Waals surface area (Å²) in [6, 6.07) is 25.5. The first-order valence-electron chi connectivity index (χ1n) is 9.94. The highest BCUT2D eigenvalue weighted by Gasteiger charge is 2.11. The van der Waals surface area contributed by atoms with Gasteiger partial charge in [0.2, 0.25) is 5.91 Å². The molecular weight excluding hydrogens is 386 g/mol. The largest absolute Gasteiger partial charge is 0.336 e. The third-order valence-corrected chi connectivity index (χ3v) is 5.03. The molecule has 0 fully saturated rings. The number of anilines is 1. The molecule has 0 unspecified atom stereocenters. The molecule has 3 aromatic carbocycles. The molecule has 2 aromatic heterocycles. The Hall–Kier alpha value is -4.32. The van der Waals surface area contributed by atoms with Gasteiger partial charge in [0.05, 0.1) is 11.7 Å². The smallest absolute Gasteiger partial charge is 0.244 e. The molecule has 150 valence electrons. The topological polar surface area (TPSA) is 71.6 Å². The highest BCUT2D eigenvalue weighted by atomic mass is 16.1. The van der Waals surface area contributed by atoms with Gasteiger partial charge in [-0.05, 0) is 41.1 Å². The first-order chi connectivity index (χ1) is 15.3. The molecule has 6 nitrogen and oxygen atoms in total. The summed E-state index contributed by atoms with van der Waals surface area (Å²) in [6.07, 6.45) is 5.20. The maximum absolute atomic E-state index is 12.8. The predicted octanol–water partition coefficient (Wildman–Crippen LogP) is 6.24. The first-order valence-corrected chi connectivity index (χ1v) is 9.94. The number of carbonyl (C=O) groups excluding carboxylic acids is 1. The summed E-state index contributed by atoms with van der Waals surface area (Å²) in [5, 5.41) is 14.8. The van der Waals surface area contributed by atoms with Crippen LogP contribution in [-0.2, 0) is 11.3 Å². The van der Waals surface area contributed by atoms with Crippen LogP contribution in [0, 0.1) is 0 Å². The second-order valence-electron chi connectivity index (χ2n) is 7.18. The number of hydrogen-bond acceptors (Lipinski definition) is 4. The van der Waals surface area contributed by atoms with E-state index in [9.17, 15) is 4.79 Å². The van der Waals surface area contributed by atoms with E-state index in [1.165, 1.54) is 0 Å². The Balaban J connectivity index is 1.39. The van der Waals surface area contributed by atoms with E-state index in [0.29, 0.717) is 11.4 Å². The fraction of sp³-hybridized carbons (Fsp3) is 0.0400. The summed E-state index contributed by atoms with van der Waals surface area (Å²) in [7, 11) is 0. The maximum atomic E-state index is 12.8. The molecule has 2 heterocycles. The van der Waals surface area contributed by atoms with Gasteiger partial charge < -0.3 is 9.88 Å². The van der Waals surface area contributed by atoms with Crippen LogP contribution in [0.15, 0.2) is 108 Å². The summed E-state index contributed by atoms with van der Waals surface area (Å²) in [6.45, 7) is 0.176. The Morgan fingerprint density at radius 2 is 1.74 bits per heavy atom. The molecule has 0 spiro atoms. The number of azo groups is 1. The molecule has 0 aliphatic heterocycles. The van der Waals surface area contributed by atoms with Crippen molar-refractivity contribution < 1.29 is 4.79 Å². The average molecular weight is 405 g/mol. The first kappa shape index (κ1) is 18.7. The third kappa shape index (κ3) is 4.04. The Bertz CT molecular complexity index is 1410. The van der Waals surface area contributed by atoms with Gasteiger partial charge >= 0.3 is 0 Å². The van der Waals surface area contributed by atoms with Crippen LogP contribution in [0.5, 0.6) is 0 Å². The van der Waals surface area contributed by atoms with Gasteiger partial charge in [-0.2, -0.15) is 0 Å². The second kappa shape index (κ2) is 8.20. The number of carbonyl (C=O) groups is 1. The van der Waals surface area contributed by atoms with E-state index in [1.807, 2.05) is 83.6 Å². The number of pyridine rings is 1. The lowest BCUT2D eigenvalue weighted by molar-refractivity contribution is -0.116. The van der Waals surface area contributed by atoms with Crippen LogP contribution in [0.4, 0.5) is 17.1 Å². The predicted molar refractivity (Wildman–Crippen MR) is 123 cm³/mol. The molecule has 6 heteroatoms. The third-order valence-electron chi connectivity index (χ3n) is 5.03. The number of hydrogen-bond donors (Lipinski definition) is 1. The molecule has 0 saturated carbocycles. The summed E-state index contributed by atoms with van der Waals surface area (Å²) < 4.78 is 1.89. The number of amides is 1. The van der Waals surface area contributed by atoms with Crippen molar-refractivity contribution in [3.63, 3.8) is 0 Å². The number of fused-ring (bicyclic) bond motifs is 2. The van der Waals surface area contributed by atoms with Gasteiger partial charge in [-0.25, -0.2) is 0 Å². The van der Waals surface area contributed by atoms with Gasteiger partial charge in [-0.1, -0.05) is 48.5 Å². The van der Waals surface area contributed by atoms with E-state index in [2.05, 4.69) is 26.6 Å². The van der Waals surface area contributed by atoms with Gasteiger partial charge in [-0.15, -0.1) is 10.2 Å². The van der Waals surface area contributed by atoms with E-state index >= 15 is 0 Å². The van der Waals surface area contributed by atoms with Gasteiger partial charge in [0.25, 0.3) is 0 Å². The zero-order valence-electron chi connectivity index (χ0n) is 16.6. The van der Waals surface area contributed by atoms with E-state index in [1.54, 1.807) is 12.4 Å². The van der Waals surface area contributed by atoms with Gasteiger partial charge in [0.1, 0.15) is 17.9 Å². The minimum absolute atomic E-state index is 0.105. The lowest BCUT2D eigenvalue weighted by atomic mass is 10.1. The molecular formula is C25H19N5O. The second-order valence-corrected chi connectivity index (χ2v) is 7.18. The highest BCUT2D eigenvalue weighted by molar-refractivity contribution is 5.96. The van der Waals surface area contributed by atoms with Gasteiger partial charge in [0.15, 0.2) is 0 Å². The number of rotatable bonds is 5. The summed E-state index contributed by atoms with van der Waals surface area (Å²) in [5.74, 6) is -0.105. The van der Waals surface area contributed by atoms with Crippen LogP contribution in [0.1, 0.15) is 0 Å². The molecule has 0 aliphatic carbocycles. The van der Waals surface area contributed by atoms with Crippen LogP contribution in [0.25, 0.3) is 21.7 Å². The zero-order chi connectivity index (χ0) is 21.0. The number of aromatic nitrogens is 2. The van der Waals surface area contributed by atoms with Crippen molar-refractivity contribution in [2.45, 2.75) is 6.54 Å². The number of para-hydroxylation sites is 1. The molecule has 31 heavy (non-hydrogen) atoms. The van der Waals surface area contributed by atoms with Crippen molar-refractivity contribution in [3.8, 4) is 0 Å². The van der Waals surface area contributed by atoms with Crippen LogP contribution in [0.2, 0.25) is 0 Å². The van der Waals surface area contributed by atoms with Crippen molar-refractivity contribution in [2.75, 3.05) is 5.32 Å². The lowest BCUT2D eigenvalue weighted by Crippen LogP contribution is -2.18. The summed E-state index contributed by atoms with van der Waals surface area (Å²) in [4.78, 5) is 16.8. The normalized spacial score (nSPS) is 11.4. The number of benzene rings is 3. The molecule has 0 aliphatic rings. The zero-order valence-corrected chi connectivity index (χ0v) is 16.6. The summed E-state index contributed by atoms with van der Waals surface area (Å²) in [5.41, 5.74) is 3.08. The van der Waals surface area contributed by atoms with E-state index in [0.717, 1.165) is 27.4 Å². The molecule has 0 saturated heterocycles. The monoisotopic (exact) mass is 405 g/mol. The quantitative estimate of drug-likeness (QED) is 0.351. The van der Waals surface area contributed by atoms with Crippen LogP contribution < -0.4 is 5.32 Å². The molecule has 0 radical (unpaired) electrons. The van der Waals surface area contributed by atoms with E-state index in [4.69, 9.17) is 0 Å². The standard InChI is InChI=1S/C25H19N5O/c31-25(27-20-12-11-18-6-1-2-7-19(18)14-20)17-30-16-23(22-9-3-4-10-24(22)30)29-28-21-8-5-13-26-15-21/h1-16H,17H2,(H,27,31). The van der Waals surface area contributed by atoms with Crippen molar-refractivity contribution in [1.82, 2.24) is 9.55 Å². The fourth-order valence-corrected chi connectivity index (χ4v) is 3.58. The SMILES string of the molecule is O=C(Cn1cc(N=Nc2cccnc2)c2ccccc21)Nc1ccc2ccccc2c1. The highest BCUT2D eigenvalue weighted by Crippen LogP contribution is 2.30. The average Bonchev–Trinajstić information content (AvgIpc) is 3.15. The molecule has 1 N–H and O–H groups in total. The lowest BCUT2D eigenvalue weighted by Gasteiger charge is -2.08. The number of nitrogens with zero attached hydrogens (tertiary/aromatic N) is 4. The van der Waals surface area contributed by atoms with Crippen LogP contribution in [0.3, 0.4) is 0 Å². The van der Waals surface area contributed by atoms with E-state index in [-0.39, 0.29) is 12.5 Å². The molecule has 5 rings (SSSR count). The molecule has 0 bridgehead atoms. The minimum atomic E-state index is -0.105. The Labute approximate surface area is 178 Å². The molecule has 5 aromatic rings. The van der Waals surface area contributed by atoms with Crippen molar-refractivity contribution in [1.29, 1.82) is 0 Å². The molecule has 1 amide bonds. The minimum Gasteiger partial charge on any atom is -0.336 e. The van der Waals surface area contributed by atoms with Crippen molar-refractivity contribution in [3.05, 3.63) is 97.5 Å². The van der Waals surface area contributed by atoms with Gasteiger partial charge in [0, 0.05) is 23.5 Å². The van der Waals surface area contributed by atoms with Crippen molar-refractivity contribution in [2.24, 2.45) is 10.2 Å². The summed E-state index contributed by atoms with van der Waals surface area (Å²) >= 11 is 0. The van der Waals surface area contributed by atoms with Crippen molar-refractivity contribution >= 4 is 44.6 Å². The Morgan fingerprint density at radius 1 is 0.903 bits per heavy atom. The van der Waals surface area contributed by atoms with Gasteiger partial charge in [-0.3, -0.25) is 9.78 Å². The van der Waals surface area contributed by atoms with Crippen LogP contribution >= 0.6 is 0 Å². The Kier molecular flexibility index (Phi) is 4.94. The maximum Gasteiger partial charge on any atom is 0.244 e. The Morgan fingerprint density at radius 3 is 2.61 bits per heavy atom.